The fourth-order valence-corrected chi connectivity index (χ4v) is 1.51. The molecule has 3 nitrogen and oxygen atoms in total. The van der Waals surface area contributed by atoms with Gasteiger partial charge in [0.1, 0.15) is 5.75 Å². The van der Waals surface area contributed by atoms with E-state index < -0.39 is 5.97 Å². The molecule has 1 aromatic rings. The molecule has 1 unspecified atom stereocenters. The number of aromatic carboxylic acids is 1. The van der Waals surface area contributed by atoms with E-state index in [0.29, 0.717) is 10.2 Å². The molecule has 0 bridgehead atoms. The summed E-state index contributed by atoms with van der Waals surface area (Å²) in [7, 11) is 0. The maximum atomic E-state index is 10.7. The lowest BCUT2D eigenvalue weighted by Crippen LogP contribution is -2.08. The Bertz CT molecular complexity index is 420. The zero-order valence-electron chi connectivity index (χ0n) is 8.03. The van der Waals surface area contributed by atoms with Crippen molar-refractivity contribution in [1.29, 1.82) is 0 Å². The number of halogens is 1. The summed E-state index contributed by atoms with van der Waals surface area (Å²) in [5.74, 6) is 1.97. The fourth-order valence-electron chi connectivity index (χ4n) is 0.981. The van der Waals surface area contributed by atoms with Crippen molar-refractivity contribution in [2.75, 3.05) is 0 Å². The third-order valence-electron chi connectivity index (χ3n) is 1.72. The van der Waals surface area contributed by atoms with Gasteiger partial charge in [0.15, 0.2) is 6.10 Å². The third-order valence-corrected chi connectivity index (χ3v) is 2.37. The SMILES string of the molecule is C#CC(C)Oc1ccc(C(=O)O)c(Br)c1. The topological polar surface area (TPSA) is 46.5 Å². The molecule has 0 aliphatic heterocycles. The van der Waals surface area contributed by atoms with Gasteiger partial charge in [0.25, 0.3) is 0 Å². The largest absolute Gasteiger partial charge is 0.478 e. The highest BCUT2D eigenvalue weighted by atomic mass is 79.9. The van der Waals surface area contributed by atoms with E-state index in [-0.39, 0.29) is 11.7 Å². The van der Waals surface area contributed by atoms with Crippen LogP contribution in [0.4, 0.5) is 0 Å². The Morgan fingerprint density at radius 1 is 1.67 bits per heavy atom. The number of carboxylic acid groups (broad SMARTS) is 1. The normalized spacial score (nSPS) is 11.5. The molecule has 0 spiro atoms. The average molecular weight is 269 g/mol. The molecule has 1 aromatic carbocycles. The molecular weight excluding hydrogens is 260 g/mol. The molecule has 0 fully saturated rings. The van der Waals surface area contributed by atoms with Gasteiger partial charge in [-0.1, -0.05) is 5.92 Å². The van der Waals surface area contributed by atoms with Gasteiger partial charge >= 0.3 is 5.97 Å². The molecule has 0 saturated carbocycles. The van der Waals surface area contributed by atoms with Crippen LogP contribution >= 0.6 is 15.9 Å². The van der Waals surface area contributed by atoms with Crippen LogP contribution in [-0.2, 0) is 0 Å². The summed E-state index contributed by atoms with van der Waals surface area (Å²) < 4.78 is 5.79. The maximum absolute atomic E-state index is 10.7. The summed E-state index contributed by atoms with van der Waals surface area (Å²) in [6, 6.07) is 4.62. The van der Waals surface area contributed by atoms with Gasteiger partial charge in [-0.05, 0) is 41.1 Å². The molecule has 0 heterocycles. The predicted octanol–water partition coefficient (Wildman–Crippen LogP) is 2.55. The summed E-state index contributed by atoms with van der Waals surface area (Å²) in [6.07, 6.45) is 4.82. The molecule has 4 heteroatoms. The van der Waals surface area contributed by atoms with Crippen LogP contribution in [0.15, 0.2) is 22.7 Å². The number of hydrogen-bond donors (Lipinski definition) is 1. The highest BCUT2D eigenvalue weighted by molar-refractivity contribution is 9.10. The smallest absolute Gasteiger partial charge is 0.336 e. The van der Waals surface area contributed by atoms with Crippen molar-refractivity contribution in [3.05, 3.63) is 28.2 Å². The summed E-state index contributed by atoms with van der Waals surface area (Å²) in [5, 5.41) is 8.78. The molecule has 1 atom stereocenters. The van der Waals surface area contributed by atoms with Crippen LogP contribution in [0.1, 0.15) is 17.3 Å². The first-order valence-corrected chi connectivity index (χ1v) is 4.99. The lowest BCUT2D eigenvalue weighted by atomic mass is 10.2. The third kappa shape index (κ3) is 3.00. The second-order valence-corrected chi connectivity index (χ2v) is 3.73. The van der Waals surface area contributed by atoms with Crippen LogP contribution in [0.2, 0.25) is 0 Å². The van der Waals surface area contributed by atoms with Crippen molar-refractivity contribution in [2.45, 2.75) is 13.0 Å². The lowest BCUT2D eigenvalue weighted by molar-refractivity contribution is 0.0696. The second kappa shape index (κ2) is 4.85. The van der Waals surface area contributed by atoms with Gasteiger partial charge in [-0.3, -0.25) is 0 Å². The van der Waals surface area contributed by atoms with Crippen molar-refractivity contribution in [3.8, 4) is 18.1 Å². The van der Waals surface area contributed by atoms with E-state index in [0.717, 1.165) is 0 Å². The van der Waals surface area contributed by atoms with Gasteiger partial charge in [0.05, 0.1) is 5.56 Å². The summed E-state index contributed by atoms with van der Waals surface area (Å²) in [4.78, 5) is 10.7. The predicted molar refractivity (Wildman–Crippen MR) is 60.0 cm³/mol. The number of carboxylic acids is 1. The Morgan fingerprint density at radius 3 is 2.80 bits per heavy atom. The van der Waals surface area contributed by atoms with Crippen LogP contribution in [0, 0.1) is 12.3 Å². The summed E-state index contributed by atoms with van der Waals surface area (Å²) in [6.45, 7) is 1.74. The molecule has 0 aliphatic carbocycles. The minimum atomic E-state index is -0.988. The van der Waals surface area contributed by atoms with Gasteiger partial charge in [-0.2, -0.15) is 0 Å². The molecule has 0 aliphatic rings. The minimum Gasteiger partial charge on any atom is -0.478 e. The first-order chi connectivity index (χ1) is 7.04. The minimum absolute atomic E-state index is 0.190. The van der Waals surface area contributed by atoms with Gasteiger partial charge in [-0.15, -0.1) is 6.42 Å². The Hall–Kier alpha value is -1.47. The quantitative estimate of drug-likeness (QED) is 0.858. The lowest BCUT2D eigenvalue weighted by Gasteiger charge is -2.09. The van der Waals surface area contributed by atoms with Crippen molar-refractivity contribution in [2.24, 2.45) is 0 Å². The molecule has 0 amide bonds. The van der Waals surface area contributed by atoms with Crippen LogP contribution in [-0.4, -0.2) is 17.2 Å². The first kappa shape index (κ1) is 11.6. The number of benzene rings is 1. The van der Waals surface area contributed by atoms with Crippen LogP contribution in [0.3, 0.4) is 0 Å². The molecule has 1 rings (SSSR count). The fraction of sp³-hybridized carbons (Fsp3) is 0.182. The highest BCUT2D eigenvalue weighted by Crippen LogP contribution is 2.23. The number of terminal acetylenes is 1. The van der Waals surface area contributed by atoms with Crippen molar-refractivity contribution in [3.63, 3.8) is 0 Å². The van der Waals surface area contributed by atoms with Gasteiger partial charge in [0.2, 0.25) is 0 Å². The average Bonchev–Trinajstić information content (AvgIpc) is 2.17. The van der Waals surface area contributed by atoms with E-state index in [1.807, 2.05) is 0 Å². The Kier molecular flexibility index (Phi) is 3.75. The van der Waals surface area contributed by atoms with Gasteiger partial charge in [-0.25, -0.2) is 4.79 Å². The van der Waals surface area contributed by atoms with Crippen molar-refractivity contribution in [1.82, 2.24) is 0 Å². The monoisotopic (exact) mass is 268 g/mol. The van der Waals surface area contributed by atoms with E-state index in [1.165, 1.54) is 6.07 Å². The maximum Gasteiger partial charge on any atom is 0.336 e. The summed E-state index contributed by atoms with van der Waals surface area (Å²) >= 11 is 3.15. The number of rotatable bonds is 3. The zero-order chi connectivity index (χ0) is 11.4. The molecular formula is C11H9BrO3. The zero-order valence-corrected chi connectivity index (χ0v) is 9.61. The first-order valence-electron chi connectivity index (χ1n) is 4.20. The van der Waals surface area contributed by atoms with Crippen molar-refractivity contribution < 1.29 is 14.6 Å². The van der Waals surface area contributed by atoms with Gasteiger partial charge in [0, 0.05) is 4.47 Å². The van der Waals surface area contributed by atoms with E-state index in [4.69, 9.17) is 16.3 Å². The van der Waals surface area contributed by atoms with Crippen molar-refractivity contribution >= 4 is 21.9 Å². The van der Waals surface area contributed by atoms with E-state index >= 15 is 0 Å². The number of ether oxygens (including phenoxy) is 1. The van der Waals surface area contributed by atoms with Gasteiger partial charge < -0.3 is 9.84 Å². The standard InChI is InChI=1S/C11H9BrO3/c1-3-7(2)15-8-4-5-9(11(13)14)10(12)6-8/h1,4-7H,2H3,(H,13,14). The number of carbonyl (C=O) groups is 1. The van der Waals surface area contributed by atoms with Crippen LogP contribution < -0.4 is 4.74 Å². The van der Waals surface area contributed by atoms with Crippen LogP contribution in [0.5, 0.6) is 5.75 Å². The van der Waals surface area contributed by atoms with E-state index in [2.05, 4.69) is 21.9 Å². The Morgan fingerprint density at radius 2 is 2.33 bits per heavy atom. The molecule has 15 heavy (non-hydrogen) atoms. The molecule has 0 radical (unpaired) electrons. The van der Waals surface area contributed by atoms with E-state index in [9.17, 15) is 4.79 Å². The molecule has 0 saturated heterocycles. The molecule has 78 valence electrons. The van der Waals surface area contributed by atoms with E-state index in [1.54, 1.807) is 19.1 Å². The van der Waals surface area contributed by atoms with Crippen LogP contribution in [0.25, 0.3) is 0 Å². The Balaban J connectivity index is 2.93. The Labute approximate surface area is 96.2 Å². The second-order valence-electron chi connectivity index (χ2n) is 2.87. The molecule has 0 aromatic heterocycles. The molecule has 1 N–H and O–H groups in total. The summed E-state index contributed by atoms with van der Waals surface area (Å²) in [5.41, 5.74) is 0.190. The highest BCUT2D eigenvalue weighted by Gasteiger charge is 2.09. The number of hydrogen-bond acceptors (Lipinski definition) is 2.